The van der Waals surface area contributed by atoms with E-state index in [-0.39, 0.29) is 12.1 Å². The predicted octanol–water partition coefficient (Wildman–Crippen LogP) is 2.91. The highest BCUT2D eigenvalue weighted by atomic mass is 35.5. The van der Waals surface area contributed by atoms with Gasteiger partial charge < -0.3 is 4.74 Å². The number of halogens is 1. The summed E-state index contributed by atoms with van der Waals surface area (Å²) in [5.41, 5.74) is 4.61. The van der Waals surface area contributed by atoms with Gasteiger partial charge in [0.15, 0.2) is 17.8 Å². The lowest BCUT2D eigenvalue weighted by atomic mass is 10.1. The van der Waals surface area contributed by atoms with E-state index < -0.39 is 11.5 Å². The molecule has 0 saturated heterocycles. The average molecular weight is 447 g/mol. The smallest absolute Gasteiger partial charge is 0.299 e. The minimum absolute atomic E-state index is 0.0648. The molecule has 9 nitrogen and oxygen atoms in total. The first-order valence-electron chi connectivity index (χ1n) is 9.59. The molecule has 0 bridgehead atoms. The van der Waals surface area contributed by atoms with Crippen LogP contribution < -0.4 is 15.7 Å². The van der Waals surface area contributed by atoms with Crippen LogP contribution in [0.3, 0.4) is 0 Å². The monoisotopic (exact) mass is 446 g/mol. The van der Waals surface area contributed by atoms with E-state index in [1.54, 1.807) is 53.2 Å². The van der Waals surface area contributed by atoms with Gasteiger partial charge in [-0.1, -0.05) is 41.9 Å². The molecule has 5 aromatic rings. The second-order valence-corrected chi connectivity index (χ2v) is 7.30. The molecule has 3 heterocycles. The van der Waals surface area contributed by atoms with Crippen molar-refractivity contribution in [2.45, 2.75) is 0 Å². The third-order valence-corrected chi connectivity index (χ3v) is 5.03. The third kappa shape index (κ3) is 3.65. The van der Waals surface area contributed by atoms with Crippen LogP contribution in [0.2, 0.25) is 5.02 Å². The highest BCUT2D eigenvalue weighted by Crippen LogP contribution is 2.25. The summed E-state index contributed by atoms with van der Waals surface area (Å²) >= 11 is 5.96. The Hall–Kier alpha value is -4.24. The maximum Gasteiger partial charge on any atom is 0.299 e. The number of nitrogens with zero attached hydrogens (tertiary/aromatic N) is 5. The Labute approximate surface area is 185 Å². The summed E-state index contributed by atoms with van der Waals surface area (Å²) in [6.45, 7) is -0.247. The van der Waals surface area contributed by atoms with Gasteiger partial charge in [-0.05, 0) is 35.9 Å². The summed E-state index contributed by atoms with van der Waals surface area (Å²) in [5, 5.41) is 13.3. The number of ether oxygens (including phenoxy) is 1. The van der Waals surface area contributed by atoms with Crippen molar-refractivity contribution < 1.29 is 9.53 Å². The number of aromatic nitrogens is 5. The molecule has 0 aliphatic heterocycles. The van der Waals surface area contributed by atoms with Crippen LogP contribution in [0, 0.1) is 0 Å². The number of rotatable bonds is 5. The molecule has 0 aliphatic carbocycles. The Kier molecular flexibility index (Phi) is 5.00. The molecular formula is C22H15ClN6O3. The first-order valence-corrected chi connectivity index (χ1v) is 9.97. The largest absolute Gasteiger partial charge is 0.484 e. The zero-order valence-electron chi connectivity index (χ0n) is 16.5. The van der Waals surface area contributed by atoms with E-state index in [1.807, 2.05) is 18.2 Å². The average Bonchev–Trinajstić information content (AvgIpc) is 3.25. The van der Waals surface area contributed by atoms with Gasteiger partial charge in [-0.3, -0.25) is 15.0 Å². The van der Waals surface area contributed by atoms with Gasteiger partial charge in [0.2, 0.25) is 0 Å². The quantitative estimate of drug-likeness (QED) is 0.445. The molecule has 158 valence electrons. The number of carbonyl (C=O) groups excluding carboxylic acids is 1. The SMILES string of the molecule is O=C(COc1ccccc1)Nn1ccc2c(nnc3c(-c4ccc(Cl)cc4)cnn32)c1=O. The second-order valence-electron chi connectivity index (χ2n) is 6.86. The molecule has 1 amide bonds. The number of pyridine rings is 1. The topological polar surface area (TPSA) is 103 Å². The number of hydrogen-bond donors (Lipinski definition) is 1. The van der Waals surface area contributed by atoms with Gasteiger partial charge in [-0.15, -0.1) is 10.2 Å². The van der Waals surface area contributed by atoms with E-state index in [1.165, 1.54) is 6.20 Å². The Morgan fingerprint density at radius 3 is 2.59 bits per heavy atom. The molecule has 0 aliphatic rings. The van der Waals surface area contributed by atoms with Gasteiger partial charge in [0.1, 0.15) is 11.3 Å². The van der Waals surface area contributed by atoms with Gasteiger partial charge in [0, 0.05) is 16.8 Å². The van der Waals surface area contributed by atoms with Gasteiger partial charge >= 0.3 is 0 Å². The van der Waals surface area contributed by atoms with E-state index in [0.29, 0.717) is 21.9 Å². The lowest BCUT2D eigenvalue weighted by Gasteiger charge is -2.10. The molecule has 32 heavy (non-hydrogen) atoms. The molecule has 0 spiro atoms. The van der Waals surface area contributed by atoms with E-state index in [9.17, 15) is 9.59 Å². The van der Waals surface area contributed by atoms with Crippen LogP contribution in [0.15, 0.2) is 77.9 Å². The van der Waals surface area contributed by atoms with Crippen LogP contribution in [-0.2, 0) is 4.79 Å². The van der Waals surface area contributed by atoms with Crippen LogP contribution in [0.4, 0.5) is 0 Å². The molecule has 0 atom stereocenters. The second kappa shape index (κ2) is 8.12. The number of amides is 1. The zero-order chi connectivity index (χ0) is 22.1. The van der Waals surface area contributed by atoms with Crippen LogP contribution in [0.1, 0.15) is 0 Å². The first-order chi connectivity index (χ1) is 15.6. The van der Waals surface area contributed by atoms with Crippen LogP contribution in [-0.4, -0.2) is 37.0 Å². The third-order valence-electron chi connectivity index (χ3n) is 4.78. The van der Waals surface area contributed by atoms with Crippen molar-refractivity contribution in [3.8, 4) is 16.9 Å². The van der Waals surface area contributed by atoms with Crippen molar-refractivity contribution >= 4 is 34.2 Å². The molecule has 10 heteroatoms. The van der Waals surface area contributed by atoms with Crippen molar-refractivity contribution in [3.63, 3.8) is 0 Å². The molecule has 0 radical (unpaired) electrons. The number of benzene rings is 2. The summed E-state index contributed by atoms with van der Waals surface area (Å²) in [5.74, 6) is 0.0606. The van der Waals surface area contributed by atoms with Crippen LogP contribution in [0.5, 0.6) is 5.75 Å². The van der Waals surface area contributed by atoms with Gasteiger partial charge in [0.25, 0.3) is 11.5 Å². The molecule has 1 N–H and O–H groups in total. The summed E-state index contributed by atoms with van der Waals surface area (Å²) in [4.78, 5) is 25.1. The maximum absolute atomic E-state index is 12.8. The number of carbonyl (C=O) groups is 1. The van der Waals surface area contributed by atoms with E-state index in [4.69, 9.17) is 16.3 Å². The maximum atomic E-state index is 12.8. The summed E-state index contributed by atoms with van der Waals surface area (Å²) in [7, 11) is 0. The molecule has 0 saturated carbocycles. The molecule has 0 unspecified atom stereocenters. The lowest BCUT2D eigenvalue weighted by molar-refractivity contribution is -0.119. The Bertz CT molecular complexity index is 1500. The van der Waals surface area contributed by atoms with Gasteiger partial charge in [-0.2, -0.15) is 5.10 Å². The Balaban J connectivity index is 1.43. The highest BCUT2D eigenvalue weighted by Gasteiger charge is 2.15. The Morgan fingerprint density at radius 1 is 1.03 bits per heavy atom. The molecule has 2 aromatic carbocycles. The molecule has 0 fully saturated rings. The van der Waals surface area contributed by atoms with E-state index >= 15 is 0 Å². The van der Waals surface area contributed by atoms with Crippen molar-refractivity contribution in [3.05, 3.63) is 88.4 Å². The standard InChI is InChI=1S/C22H15ClN6O3/c23-15-8-6-14(7-9-15)17-12-24-29-18-10-11-28(22(31)20(18)25-26-21(17)29)27-19(30)13-32-16-4-2-1-3-5-16/h1-12H,13H2,(H,27,30). The summed E-state index contributed by atoms with van der Waals surface area (Å²) in [6.07, 6.45) is 3.09. The normalized spacial score (nSPS) is 11.0. The van der Waals surface area contributed by atoms with Gasteiger partial charge in [-0.25, -0.2) is 9.19 Å². The van der Waals surface area contributed by atoms with Crippen molar-refractivity contribution in [2.75, 3.05) is 12.0 Å². The number of fused-ring (bicyclic) bond motifs is 3. The summed E-state index contributed by atoms with van der Waals surface area (Å²) in [6, 6.07) is 17.8. The number of para-hydroxylation sites is 1. The summed E-state index contributed by atoms with van der Waals surface area (Å²) < 4.78 is 7.98. The van der Waals surface area contributed by atoms with Crippen molar-refractivity contribution in [2.24, 2.45) is 0 Å². The van der Waals surface area contributed by atoms with E-state index in [0.717, 1.165) is 15.8 Å². The van der Waals surface area contributed by atoms with Crippen molar-refractivity contribution in [1.82, 2.24) is 24.5 Å². The number of nitrogens with one attached hydrogen (secondary N) is 1. The van der Waals surface area contributed by atoms with Gasteiger partial charge in [0.05, 0.1) is 6.20 Å². The minimum Gasteiger partial charge on any atom is -0.484 e. The first kappa shape index (κ1) is 19.7. The van der Waals surface area contributed by atoms with E-state index in [2.05, 4.69) is 20.7 Å². The zero-order valence-corrected chi connectivity index (χ0v) is 17.2. The fourth-order valence-corrected chi connectivity index (χ4v) is 3.37. The number of hydrogen-bond acceptors (Lipinski definition) is 6. The lowest BCUT2D eigenvalue weighted by Crippen LogP contribution is -2.35. The fourth-order valence-electron chi connectivity index (χ4n) is 3.25. The van der Waals surface area contributed by atoms with Crippen LogP contribution in [0.25, 0.3) is 27.8 Å². The minimum atomic E-state index is -0.534. The highest BCUT2D eigenvalue weighted by molar-refractivity contribution is 6.30. The Morgan fingerprint density at radius 2 is 1.81 bits per heavy atom. The molecule has 3 aromatic heterocycles. The predicted molar refractivity (Wildman–Crippen MR) is 119 cm³/mol. The van der Waals surface area contributed by atoms with Crippen molar-refractivity contribution in [1.29, 1.82) is 0 Å². The fraction of sp³-hybridized carbons (Fsp3) is 0.0455. The molecular weight excluding hydrogens is 432 g/mol. The molecule has 5 rings (SSSR count). The van der Waals surface area contributed by atoms with Crippen LogP contribution >= 0.6 is 11.6 Å².